The molecule has 7 heteroatoms. The van der Waals surface area contributed by atoms with Crippen molar-refractivity contribution in [1.82, 2.24) is 20.4 Å². The molecule has 0 aromatic heterocycles. The molecule has 2 saturated heterocycles. The van der Waals surface area contributed by atoms with Crippen LogP contribution in [0.1, 0.15) is 32.3 Å². The summed E-state index contributed by atoms with van der Waals surface area (Å²) < 4.78 is 5.80. The molecular formula is C22H32N4O3. The van der Waals surface area contributed by atoms with Gasteiger partial charge in [-0.2, -0.15) is 0 Å². The Kier molecular flexibility index (Phi) is 5.53. The van der Waals surface area contributed by atoms with Crippen molar-refractivity contribution in [3.63, 3.8) is 0 Å². The minimum Gasteiger partial charge on any atom is -0.492 e. The molecular weight excluding hydrogens is 368 g/mol. The SMILES string of the molecule is CC1(C)CNC(=O)C2(CCN(C(=O)CN3CCOc4ccccc4C3)CC2)NC1. The van der Waals surface area contributed by atoms with Crippen molar-refractivity contribution < 1.29 is 14.3 Å². The molecule has 3 aliphatic rings. The second-order valence-corrected chi connectivity index (χ2v) is 9.33. The molecule has 0 unspecified atom stereocenters. The maximum absolute atomic E-state index is 12.9. The van der Waals surface area contributed by atoms with Gasteiger partial charge in [-0.1, -0.05) is 32.0 Å². The molecule has 0 bridgehead atoms. The highest BCUT2D eigenvalue weighted by atomic mass is 16.5. The van der Waals surface area contributed by atoms with Crippen molar-refractivity contribution in [2.75, 3.05) is 45.9 Å². The average Bonchev–Trinajstić information content (AvgIpc) is 2.98. The molecule has 0 radical (unpaired) electrons. The van der Waals surface area contributed by atoms with Gasteiger partial charge in [0.15, 0.2) is 0 Å². The summed E-state index contributed by atoms with van der Waals surface area (Å²) in [6.45, 7) is 9.44. The summed E-state index contributed by atoms with van der Waals surface area (Å²) in [5.41, 5.74) is 0.620. The van der Waals surface area contributed by atoms with E-state index in [1.54, 1.807) is 0 Å². The molecule has 7 nitrogen and oxygen atoms in total. The lowest BCUT2D eigenvalue weighted by atomic mass is 9.86. The third kappa shape index (κ3) is 4.41. The van der Waals surface area contributed by atoms with Gasteiger partial charge in [0.1, 0.15) is 17.9 Å². The van der Waals surface area contributed by atoms with Gasteiger partial charge in [0.05, 0.1) is 6.54 Å². The van der Waals surface area contributed by atoms with E-state index in [1.165, 1.54) is 0 Å². The number of piperidine rings is 1. The van der Waals surface area contributed by atoms with E-state index in [2.05, 4.69) is 35.4 Å². The minimum absolute atomic E-state index is 0.0389. The molecule has 0 aliphatic carbocycles. The van der Waals surface area contributed by atoms with Crippen LogP contribution in [0.4, 0.5) is 0 Å². The Labute approximate surface area is 172 Å². The van der Waals surface area contributed by atoms with Crippen LogP contribution in [0.2, 0.25) is 0 Å². The highest BCUT2D eigenvalue weighted by Crippen LogP contribution is 2.28. The number of rotatable bonds is 2. The highest BCUT2D eigenvalue weighted by Gasteiger charge is 2.45. The lowest BCUT2D eigenvalue weighted by molar-refractivity contribution is -0.138. The van der Waals surface area contributed by atoms with Crippen LogP contribution in [-0.2, 0) is 16.1 Å². The Morgan fingerprint density at radius 2 is 1.90 bits per heavy atom. The summed E-state index contributed by atoms with van der Waals surface area (Å²) in [4.78, 5) is 29.7. The zero-order valence-corrected chi connectivity index (χ0v) is 17.5. The summed E-state index contributed by atoms with van der Waals surface area (Å²) >= 11 is 0. The molecule has 158 valence electrons. The first kappa shape index (κ1) is 20.2. The topological polar surface area (TPSA) is 73.9 Å². The molecule has 2 N–H and O–H groups in total. The van der Waals surface area contributed by atoms with Crippen LogP contribution < -0.4 is 15.4 Å². The van der Waals surface area contributed by atoms with Crippen molar-refractivity contribution in [2.45, 2.75) is 38.8 Å². The van der Waals surface area contributed by atoms with E-state index in [9.17, 15) is 9.59 Å². The van der Waals surface area contributed by atoms with Crippen molar-refractivity contribution >= 4 is 11.8 Å². The molecule has 4 rings (SSSR count). The van der Waals surface area contributed by atoms with Gasteiger partial charge in [0, 0.05) is 44.8 Å². The molecule has 1 aromatic carbocycles. The maximum atomic E-state index is 12.9. The van der Waals surface area contributed by atoms with Crippen molar-refractivity contribution in [3.05, 3.63) is 29.8 Å². The predicted octanol–water partition coefficient (Wildman–Crippen LogP) is 0.988. The summed E-state index contributed by atoms with van der Waals surface area (Å²) in [7, 11) is 0. The number of hydrogen-bond donors (Lipinski definition) is 2. The zero-order valence-electron chi connectivity index (χ0n) is 17.5. The van der Waals surface area contributed by atoms with Gasteiger partial charge in [0.2, 0.25) is 11.8 Å². The quantitative estimate of drug-likeness (QED) is 0.775. The van der Waals surface area contributed by atoms with Gasteiger partial charge in [0.25, 0.3) is 0 Å². The Bertz CT molecular complexity index is 771. The molecule has 3 heterocycles. The van der Waals surface area contributed by atoms with Crippen molar-refractivity contribution in [1.29, 1.82) is 0 Å². The standard InChI is InChI=1S/C22H32N4O3/c1-21(2)15-23-20(28)22(24-16-21)7-9-26(10-8-22)19(27)14-25-11-12-29-18-6-4-3-5-17(18)13-25/h3-6,24H,7-16H2,1-2H3,(H,23,28). The van der Waals surface area contributed by atoms with Crippen LogP contribution >= 0.6 is 0 Å². The van der Waals surface area contributed by atoms with Crippen LogP contribution in [0.25, 0.3) is 0 Å². The van der Waals surface area contributed by atoms with E-state index in [-0.39, 0.29) is 17.2 Å². The number of ether oxygens (including phenoxy) is 1. The lowest BCUT2D eigenvalue weighted by Gasteiger charge is -2.41. The lowest BCUT2D eigenvalue weighted by Crippen LogP contribution is -2.61. The molecule has 1 aromatic rings. The molecule has 0 saturated carbocycles. The second kappa shape index (κ2) is 7.95. The first-order chi connectivity index (χ1) is 13.9. The van der Waals surface area contributed by atoms with Crippen molar-refractivity contribution in [2.24, 2.45) is 5.41 Å². The molecule has 1 spiro atoms. The number of fused-ring (bicyclic) bond motifs is 1. The third-order valence-electron chi connectivity index (χ3n) is 6.43. The number of hydrogen-bond acceptors (Lipinski definition) is 5. The zero-order chi connectivity index (χ0) is 20.5. The van der Waals surface area contributed by atoms with E-state index >= 15 is 0 Å². The number of carbonyl (C=O) groups excluding carboxylic acids is 2. The second-order valence-electron chi connectivity index (χ2n) is 9.33. The predicted molar refractivity (Wildman–Crippen MR) is 111 cm³/mol. The first-order valence-corrected chi connectivity index (χ1v) is 10.6. The van der Waals surface area contributed by atoms with E-state index in [4.69, 9.17) is 4.74 Å². The number of nitrogens with zero attached hydrogens (tertiary/aromatic N) is 2. The largest absolute Gasteiger partial charge is 0.492 e. The highest BCUT2D eigenvalue weighted by molar-refractivity contribution is 5.87. The van der Waals surface area contributed by atoms with E-state index in [0.29, 0.717) is 45.6 Å². The van der Waals surface area contributed by atoms with Gasteiger partial charge >= 0.3 is 0 Å². The molecule has 29 heavy (non-hydrogen) atoms. The smallest absolute Gasteiger partial charge is 0.240 e. The molecule has 2 fully saturated rings. The van der Waals surface area contributed by atoms with Crippen LogP contribution in [0.5, 0.6) is 5.75 Å². The minimum atomic E-state index is -0.542. The third-order valence-corrected chi connectivity index (χ3v) is 6.43. The van der Waals surface area contributed by atoms with Crippen LogP contribution in [0, 0.1) is 5.41 Å². The number of para-hydroxylation sites is 1. The normalized spacial score (nSPS) is 24.1. The Balaban J connectivity index is 1.34. The average molecular weight is 401 g/mol. The van der Waals surface area contributed by atoms with Gasteiger partial charge in [-0.25, -0.2) is 0 Å². The van der Waals surface area contributed by atoms with Gasteiger partial charge in [-0.05, 0) is 24.3 Å². The fourth-order valence-corrected chi connectivity index (χ4v) is 4.39. The maximum Gasteiger partial charge on any atom is 0.240 e. The van der Waals surface area contributed by atoms with E-state index in [1.807, 2.05) is 23.1 Å². The molecule has 0 atom stereocenters. The number of nitrogens with one attached hydrogen (secondary N) is 2. The van der Waals surface area contributed by atoms with Crippen molar-refractivity contribution in [3.8, 4) is 5.75 Å². The Hall–Kier alpha value is -2.12. The van der Waals surface area contributed by atoms with Gasteiger partial charge in [-0.3, -0.25) is 14.5 Å². The van der Waals surface area contributed by atoms with Gasteiger partial charge in [-0.15, -0.1) is 0 Å². The number of carbonyl (C=O) groups is 2. The van der Waals surface area contributed by atoms with Crippen LogP contribution in [0.15, 0.2) is 24.3 Å². The molecule has 2 amide bonds. The summed E-state index contributed by atoms with van der Waals surface area (Å²) in [6, 6.07) is 8.02. The fourth-order valence-electron chi connectivity index (χ4n) is 4.39. The summed E-state index contributed by atoms with van der Waals surface area (Å²) in [5.74, 6) is 1.13. The van der Waals surface area contributed by atoms with Gasteiger partial charge < -0.3 is 20.3 Å². The number of likely N-dealkylation sites (tertiary alicyclic amines) is 1. The monoisotopic (exact) mass is 400 g/mol. The molecule has 3 aliphatic heterocycles. The van der Waals surface area contributed by atoms with E-state index in [0.717, 1.165) is 30.9 Å². The first-order valence-electron chi connectivity index (χ1n) is 10.6. The Morgan fingerprint density at radius 1 is 1.14 bits per heavy atom. The Morgan fingerprint density at radius 3 is 2.69 bits per heavy atom. The van der Waals surface area contributed by atoms with Crippen LogP contribution in [-0.4, -0.2) is 73.0 Å². The van der Waals surface area contributed by atoms with E-state index < -0.39 is 5.54 Å². The summed E-state index contributed by atoms with van der Waals surface area (Å²) in [6.07, 6.45) is 1.32. The number of amides is 2. The number of benzene rings is 1. The fraction of sp³-hybridized carbons (Fsp3) is 0.636. The summed E-state index contributed by atoms with van der Waals surface area (Å²) in [5, 5.41) is 6.61. The van der Waals surface area contributed by atoms with Crippen LogP contribution in [0.3, 0.4) is 0 Å².